The number of aromatic amines is 1. The van der Waals surface area contributed by atoms with Crippen LogP contribution < -0.4 is 16.0 Å². The van der Waals surface area contributed by atoms with E-state index in [1.807, 2.05) is 0 Å². The normalized spacial score (nSPS) is 10.5. The van der Waals surface area contributed by atoms with Crippen LogP contribution >= 0.6 is 11.8 Å². The zero-order valence-corrected chi connectivity index (χ0v) is 14.0. The molecule has 0 aliphatic heterocycles. The summed E-state index contributed by atoms with van der Waals surface area (Å²) in [4.78, 5) is 31.3. The molecule has 9 heteroatoms. The Bertz CT molecular complexity index is 797. The number of anilines is 1. The second-order valence-electron chi connectivity index (χ2n) is 4.98. The molecule has 128 valence electrons. The van der Waals surface area contributed by atoms with Gasteiger partial charge in [-0.1, -0.05) is 17.8 Å². The molecule has 0 atom stereocenters. The number of aromatic nitrogens is 2. The minimum atomic E-state index is -0.480. The van der Waals surface area contributed by atoms with E-state index < -0.39 is 5.82 Å². The van der Waals surface area contributed by atoms with Crippen molar-refractivity contribution in [1.82, 2.24) is 14.9 Å². The summed E-state index contributed by atoms with van der Waals surface area (Å²) in [6.45, 7) is 0.251. The number of methoxy groups -OCH3 is 1. The summed E-state index contributed by atoms with van der Waals surface area (Å²) in [6.07, 6.45) is 0. The Morgan fingerprint density at radius 2 is 2.21 bits per heavy atom. The zero-order valence-electron chi connectivity index (χ0n) is 13.2. The Hall–Kier alpha value is -2.55. The summed E-state index contributed by atoms with van der Waals surface area (Å²) in [5.41, 5.74) is 5.75. The highest BCUT2D eigenvalue weighted by Crippen LogP contribution is 2.19. The Morgan fingerprint density at radius 3 is 2.83 bits per heavy atom. The van der Waals surface area contributed by atoms with Crippen molar-refractivity contribution in [3.05, 3.63) is 46.0 Å². The predicted octanol–water partition coefficient (Wildman–Crippen LogP) is 1.25. The Labute approximate surface area is 142 Å². The summed E-state index contributed by atoms with van der Waals surface area (Å²) in [7, 11) is 3.00. The molecule has 0 spiro atoms. The van der Waals surface area contributed by atoms with E-state index in [2.05, 4.69) is 9.97 Å². The number of nitrogen functional groups attached to an aromatic ring is 1. The number of H-pyrrole nitrogens is 1. The van der Waals surface area contributed by atoms with Gasteiger partial charge in [0.2, 0.25) is 5.91 Å². The molecule has 1 heterocycles. The molecule has 0 bridgehead atoms. The molecule has 0 radical (unpaired) electrons. The quantitative estimate of drug-likeness (QED) is 0.599. The number of hydrogen-bond donors (Lipinski definition) is 2. The van der Waals surface area contributed by atoms with Gasteiger partial charge in [-0.25, -0.2) is 9.37 Å². The van der Waals surface area contributed by atoms with E-state index in [-0.39, 0.29) is 40.5 Å². The minimum absolute atomic E-state index is 0.0710. The van der Waals surface area contributed by atoms with Gasteiger partial charge >= 0.3 is 0 Å². The second kappa shape index (κ2) is 7.82. The third-order valence-corrected chi connectivity index (χ3v) is 3.99. The fraction of sp³-hybridized carbons (Fsp3) is 0.267. The maximum atomic E-state index is 13.7. The van der Waals surface area contributed by atoms with Gasteiger partial charge in [0.05, 0.1) is 12.9 Å². The van der Waals surface area contributed by atoms with Crippen LogP contribution in [0.4, 0.5) is 10.2 Å². The van der Waals surface area contributed by atoms with Crippen molar-refractivity contribution >= 4 is 23.5 Å². The molecule has 0 saturated carbocycles. The van der Waals surface area contributed by atoms with Gasteiger partial charge in [-0.05, 0) is 17.7 Å². The van der Waals surface area contributed by atoms with E-state index in [9.17, 15) is 14.0 Å². The maximum absolute atomic E-state index is 13.7. The van der Waals surface area contributed by atoms with Crippen LogP contribution in [0, 0.1) is 5.82 Å². The third kappa shape index (κ3) is 4.72. The average molecular weight is 352 g/mol. The molecule has 7 nitrogen and oxygen atoms in total. The smallest absolute Gasteiger partial charge is 0.253 e. The van der Waals surface area contributed by atoms with Crippen molar-refractivity contribution in [2.24, 2.45) is 0 Å². The number of nitrogens with two attached hydrogens (primary N) is 1. The number of thioether (sulfide) groups is 1. The van der Waals surface area contributed by atoms with E-state index in [1.54, 1.807) is 13.1 Å². The molecule has 1 aromatic carbocycles. The van der Waals surface area contributed by atoms with Crippen LogP contribution in [0.25, 0.3) is 0 Å². The Kier molecular flexibility index (Phi) is 5.80. The van der Waals surface area contributed by atoms with Crippen molar-refractivity contribution in [2.75, 3.05) is 25.6 Å². The molecule has 1 amide bonds. The van der Waals surface area contributed by atoms with E-state index >= 15 is 0 Å². The predicted molar refractivity (Wildman–Crippen MR) is 89.4 cm³/mol. The lowest BCUT2D eigenvalue weighted by Gasteiger charge is -2.17. The largest absolute Gasteiger partial charge is 0.494 e. The van der Waals surface area contributed by atoms with Crippen LogP contribution in [0.3, 0.4) is 0 Å². The van der Waals surface area contributed by atoms with Gasteiger partial charge in [-0.15, -0.1) is 0 Å². The summed E-state index contributed by atoms with van der Waals surface area (Å²) < 4.78 is 18.5. The number of rotatable bonds is 6. The maximum Gasteiger partial charge on any atom is 0.253 e. The van der Waals surface area contributed by atoms with E-state index in [0.29, 0.717) is 5.56 Å². The van der Waals surface area contributed by atoms with Crippen molar-refractivity contribution in [3.8, 4) is 5.75 Å². The molecule has 2 rings (SSSR count). The van der Waals surface area contributed by atoms with Crippen molar-refractivity contribution in [1.29, 1.82) is 0 Å². The molecular formula is C15H17FN4O3S. The standard InChI is InChI=1S/C15H17FN4O3S/c1-20(7-9-3-4-11(23-2)10(16)5-9)14(22)8-24-15-18-12(17)6-13(21)19-15/h3-6H,7-8H2,1-2H3,(H3,17,18,19,21). The lowest BCUT2D eigenvalue weighted by Crippen LogP contribution is -2.28. The first kappa shape index (κ1) is 17.8. The highest BCUT2D eigenvalue weighted by Gasteiger charge is 2.12. The summed E-state index contributed by atoms with van der Waals surface area (Å²) in [5.74, 6) is -0.356. The fourth-order valence-corrected chi connectivity index (χ4v) is 2.76. The third-order valence-electron chi connectivity index (χ3n) is 3.13. The van der Waals surface area contributed by atoms with Crippen LogP contribution in [-0.2, 0) is 11.3 Å². The molecule has 2 aromatic rings. The molecule has 0 fully saturated rings. The van der Waals surface area contributed by atoms with Crippen molar-refractivity contribution < 1.29 is 13.9 Å². The number of halogens is 1. The molecule has 0 aliphatic rings. The lowest BCUT2D eigenvalue weighted by atomic mass is 10.2. The molecule has 3 N–H and O–H groups in total. The SMILES string of the molecule is COc1ccc(CN(C)C(=O)CSc2nc(N)cc(=O)[nH]2)cc1F. The van der Waals surface area contributed by atoms with Gasteiger partial charge in [0, 0.05) is 19.7 Å². The number of nitrogens with zero attached hydrogens (tertiary/aromatic N) is 2. The molecule has 24 heavy (non-hydrogen) atoms. The van der Waals surface area contributed by atoms with Gasteiger partial charge in [0.1, 0.15) is 5.82 Å². The molecule has 0 unspecified atom stereocenters. The van der Waals surface area contributed by atoms with Gasteiger partial charge in [-0.2, -0.15) is 0 Å². The number of amides is 1. The Morgan fingerprint density at radius 1 is 1.46 bits per heavy atom. The van der Waals surface area contributed by atoms with Crippen LogP contribution in [0.15, 0.2) is 34.2 Å². The van der Waals surface area contributed by atoms with Crippen LogP contribution in [0.5, 0.6) is 5.75 Å². The van der Waals surface area contributed by atoms with Crippen LogP contribution in [0.2, 0.25) is 0 Å². The van der Waals surface area contributed by atoms with E-state index in [1.165, 1.54) is 24.1 Å². The van der Waals surface area contributed by atoms with Gasteiger partial charge in [0.15, 0.2) is 16.7 Å². The first-order chi connectivity index (χ1) is 11.4. The molecule has 0 saturated heterocycles. The second-order valence-corrected chi connectivity index (χ2v) is 5.95. The highest BCUT2D eigenvalue weighted by atomic mass is 32.2. The van der Waals surface area contributed by atoms with Crippen LogP contribution in [-0.4, -0.2) is 40.7 Å². The number of hydrogen-bond acceptors (Lipinski definition) is 6. The molecule has 0 aliphatic carbocycles. The Balaban J connectivity index is 1.94. The van der Waals surface area contributed by atoms with E-state index in [4.69, 9.17) is 10.5 Å². The average Bonchev–Trinajstić information content (AvgIpc) is 2.52. The zero-order chi connectivity index (χ0) is 17.7. The van der Waals surface area contributed by atoms with Gasteiger partial charge in [-0.3, -0.25) is 9.59 Å². The number of ether oxygens (including phenoxy) is 1. The highest BCUT2D eigenvalue weighted by molar-refractivity contribution is 7.99. The number of carbonyl (C=O) groups excluding carboxylic acids is 1. The first-order valence-corrected chi connectivity index (χ1v) is 7.93. The summed E-state index contributed by atoms with van der Waals surface area (Å²) in [6, 6.07) is 5.69. The van der Waals surface area contributed by atoms with Crippen molar-refractivity contribution in [3.63, 3.8) is 0 Å². The molecular weight excluding hydrogens is 335 g/mol. The number of carbonyl (C=O) groups is 1. The first-order valence-electron chi connectivity index (χ1n) is 6.95. The topological polar surface area (TPSA) is 101 Å². The monoisotopic (exact) mass is 352 g/mol. The van der Waals surface area contributed by atoms with Gasteiger partial charge in [0.25, 0.3) is 5.56 Å². The number of benzene rings is 1. The summed E-state index contributed by atoms with van der Waals surface area (Å²) >= 11 is 1.07. The van der Waals surface area contributed by atoms with Crippen LogP contribution in [0.1, 0.15) is 5.56 Å². The van der Waals surface area contributed by atoms with Crippen molar-refractivity contribution in [2.45, 2.75) is 11.7 Å². The van der Waals surface area contributed by atoms with E-state index in [0.717, 1.165) is 17.8 Å². The summed E-state index contributed by atoms with van der Waals surface area (Å²) in [5, 5.41) is 0.275. The minimum Gasteiger partial charge on any atom is -0.494 e. The number of nitrogens with one attached hydrogen (secondary N) is 1. The van der Waals surface area contributed by atoms with Gasteiger partial charge < -0.3 is 20.4 Å². The lowest BCUT2D eigenvalue weighted by molar-refractivity contribution is -0.127. The molecule has 1 aromatic heterocycles. The fourth-order valence-electron chi connectivity index (χ4n) is 1.93.